The van der Waals surface area contributed by atoms with Crippen LogP contribution in [-0.4, -0.2) is 44.2 Å². The minimum absolute atomic E-state index is 0.00243. The van der Waals surface area contributed by atoms with E-state index in [4.69, 9.17) is 19.3 Å². The predicted molar refractivity (Wildman–Crippen MR) is 119 cm³/mol. The first kappa shape index (κ1) is 22.8. The van der Waals surface area contributed by atoms with E-state index < -0.39 is 6.29 Å². The van der Waals surface area contributed by atoms with Crippen LogP contribution in [-0.2, 0) is 20.7 Å². The van der Waals surface area contributed by atoms with E-state index in [9.17, 15) is 4.79 Å². The molecular formula is C25H31NO5. The van der Waals surface area contributed by atoms with E-state index in [1.165, 1.54) is 5.56 Å². The molecule has 2 atom stereocenters. The lowest BCUT2D eigenvalue weighted by molar-refractivity contribution is -0.146. The number of ether oxygens (including phenoxy) is 3. The molecule has 0 aromatic heterocycles. The van der Waals surface area contributed by atoms with Gasteiger partial charge in [0, 0.05) is 25.5 Å². The van der Waals surface area contributed by atoms with E-state index in [0.29, 0.717) is 26.0 Å². The van der Waals surface area contributed by atoms with Gasteiger partial charge < -0.3 is 24.6 Å². The van der Waals surface area contributed by atoms with Crippen LogP contribution >= 0.6 is 0 Å². The molecule has 2 aromatic carbocycles. The Morgan fingerprint density at radius 1 is 1.13 bits per heavy atom. The maximum Gasteiger partial charge on any atom is 0.286 e. The molecule has 6 nitrogen and oxygen atoms in total. The van der Waals surface area contributed by atoms with E-state index >= 15 is 0 Å². The molecule has 2 aromatic rings. The molecule has 0 saturated heterocycles. The molecule has 0 unspecified atom stereocenters. The summed E-state index contributed by atoms with van der Waals surface area (Å²) in [7, 11) is 1.64. The van der Waals surface area contributed by atoms with Crippen molar-refractivity contribution in [1.29, 1.82) is 0 Å². The average molecular weight is 426 g/mol. The highest BCUT2D eigenvalue weighted by molar-refractivity contribution is 5.91. The average Bonchev–Trinajstić information content (AvgIpc) is 2.82. The number of nitrogens with one attached hydrogen (secondary N) is 1. The summed E-state index contributed by atoms with van der Waals surface area (Å²) in [4.78, 5) is 12.8. The molecule has 1 aliphatic heterocycles. The number of carbonyl (C=O) groups is 1. The normalized spacial score (nSPS) is 18.1. The molecule has 166 valence electrons. The van der Waals surface area contributed by atoms with Gasteiger partial charge >= 0.3 is 0 Å². The summed E-state index contributed by atoms with van der Waals surface area (Å²) in [5.74, 6) is 0.832. The van der Waals surface area contributed by atoms with Crippen LogP contribution in [0.4, 0.5) is 0 Å². The number of aliphatic hydroxyl groups excluding tert-OH is 1. The fourth-order valence-electron chi connectivity index (χ4n) is 3.48. The standard InChI is InChI=1S/C25H31NO5/c1-29-22-11-9-20(10-12-22)21-17-23(31-24(18-21)30-16-6-5-15-27)25(28)26-14-13-19-7-3-2-4-8-19/h2-4,7-12,17,21,24,27H,5-6,13-16,18H2,1H3,(H,26,28)/t21-,24+/m0/s1. The first-order chi connectivity index (χ1) is 15.2. The molecule has 3 rings (SSSR count). The van der Waals surface area contributed by atoms with Crippen LogP contribution < -0.4 is 10.1 Å². The Hall–Kier alpha value is -2.83. The Morgan fingerprint density at radius 3 is 2.61 bits per heavy atom. The molecule has 1 aliphatic rings. The van der Waals surface area contributed by atoms with Crippen LogP contribution in [0.5, 0.6) is 5.75 Å². The number of carbonyl (C=O) groups excluding carboxylic acids is 1. The van der Waals surface area contributed by atoms with Gasteiger partial charge in [0.1, 0.15) is 5.75 Å². The van der Waals surface area contributed by atoms with Crippen molar-refractivity contribution < 1.29 is 24.1 Å². The Morgan fingerprint density at radius 2 is 1.90 bits per heavy atom. The number of hydrogen-bond donors (Lipinski definition) is 2. The first-order valence-corrected chi connectivity index (χ1v) is 10.8. The van der Waals surface area contributed by atoms with E-state index in [1.54, 1.807) is 7.11 Å². The summed E-state index contributed by atoms with van der Waals surface area (Å²) >= 11 is 0. The van der Waals surface area contributed by atoms with Gasteiger partial charge in [-0.05, 0) is 48.6 Å². The molecule has 1 amide bonds. The molecular weight excluding hydrogens is 394 g/mol. The largest absolute Gasteiger partial charge is 0.497 e. The maximum absolute atomic E-state index is 12.8. The van der Waals surface area contributed by atoms with Gasteiger partial charge in [-0.1, -0.05) is 42.5 Å². The van der Waals surface area contributed by atoms with Crippen LogP contribution in [0.25, 0.3) is 0 Å². The van der Waals surface area contributed by atoms with Gasteiger partial charge in [-0.2, -0.15) is 0 Å². The monoisotopic (exact) mass is 425 g/mol. The Bertz CT molecular complexity index is 835. The number of allylic oxidation sites excluding steroid dienone is 1. The number of rotatable bonds is 11. The van der Waals surface area contributed by atoms with Crippen LogP contribution in [0.2, 0.25) is 0 Å². The van der Waals surface area contributed by atoms with Gasteiger partial charge in [0.05, 0.1) is 13.7 Å². The van der Waals surface area contributed by atoms with Crippen molar-refractivity contribution in [3.8, 4) is 5.75 Å². The molecule has 6 heteroatoms. The third-order valence-electron chi connectivity index (χ3n) is 5.22. The third kappa shape index (κ3) is 7.12. The second-order valence-electron chi connectivity index (χ2n) is 7.49. The van der Waals surface area contributed by atoms with E-state index in [0.717, 1.165) is 24.2 Å². The van der Waals surface area contributed by atoms with Gasteiger partial charge in [-0.15, -0.1) is 0 Å². The fraction of sp³-hybridized carbons (Fsp3) is 0.400. The quantitative estimate of drug-likeness (QED) is 0.539. The highest BCUT2D eigenvalue weighted by Crippen LogP contribution is 2.32. The Balaban J connectivity index is 1.65. The third-order valence-corrected chi connectivity index (χ3v) is 5.22. The van der Waals surface area contributed by atoms with Gasteiger partial charge in [0.15, 0.2) is 5.76 Å². The second kappa shape index (κ2) is 12.1. The van der Waals surface area contributed by atoms with E-state index in [-0.39, 0.29) is 24.2 Å². The smallest absolute Gasteiger partial charge is 0.286 e. The fourth-order valence-corrected chi connectivity index (χ4v) is 3.48. The van der Waals surface area contributed by atoms with Crippen LogP contribution in [0.15, 0.2) is 66.4 Å². The Labute approximate surface area is 183 Å². The van der Waals surface area contributed by atoms with E-state index in [2.05, 4.69) is 5.32 Å². The lowest BCUT2D eigenvalue weighted by Gasteiger charge is -2.29. The zero-order valence-corrected chi connectivity index (χ0v) is 18.0. The maximum atomic E-state index is 12.8. The zero-order valence-electron chi connectivity index (χ0n) is 18.0. The number of amides is 1. The lowest BCUT2D eigenvalue weighted by atomic mass is 9.93. The van der Waals surface area contributed by atoms with Crippen molar-refractivity contribution in [3.05, 3.63) is 77.6 Å². The summed E-state index contributed by atoms with van der Waals surface area (Å²) in [5, 5.41) is 11.9. The molecule has 31 heavy (non-hydrogen) atoms. The van der Waals surface area contributed by atoms with E-state index in [1.807, 2.05) is 60.7 Å². The van der Waals surface area contributed by atoms with Crippen molar-refractivity contribution in [2.75, 3.05) is 26.9 Å². The van der Waals surface area contributed by atoms with Crippen molar-refractivity contribution in [1.82, 2.24) is 5.32 Å². The number of unbranched alkanes of at least 4 members (excludes halogenated alkanes) is 1. The molecule has 0 aliphatic carbocycles. The number of hydrogen-bond acceptors (Lipinski definition) is 5. The zero-order chi connectivity index (χ0) is 21.9. The topological polar surface area (TPSA) is 77.0 Å². The molecule has 0 fully saturated rings. The lowest BCUT2D eigenvalue weighted by Crippen LogP contribution is -2.34. The number of benzene rings is 2. The van der Waals surface area contributed by atoms with Gasteiger partial charge in [-0.3, -0.25) is 4.79 Å². The predicted octanol–water partition coefficient (Wildman–Crippen LogP) is 3.56. The van der Waals surface area contributed by atoms with Crippen molar-refractivity contribution in [3.63, 3.8) is 0 Å². The molecule has 0 saturated carbocycles. The number of methoxy groups -OCH3 is 1. The van der Waals surface area contributed by atoms with Crippen LogP contribution in [0, 0.1) is 0 Å². The van der Waals surface area contributed by atoms with Gasteiger partial charge in [0.25, 0.3) is 5.91 Å². The van der Waals surface area contributed by atoms with Crippen molar-refractivity contribution in [2.24, 2.45) is 0 Å². The highest BCUT2D eigenvalue weighted by atomic mass is 16.7. The molecule has 1 heterocycles. The summed E-state index contributed by atoms with van der Waals surface area (Å²) in [6.45, 7) is 1.14. The summed E-state index contributed by atoms with van der Waals surface area (Å²) in [6, 6.07) is 17.9. The van der Waals surface area contributed by atoms with Gasteiger partial charge in [-0.25, -0.2) is 0 Å². The summed E-state index contributed by atoms with van der Waals surface area (Å²) in [5.41, 5.74) is 2.24. The second-order valence-corrected chi connectivity index (χ2v) is 7.49. The molecule has 2 N–H and O–H groups in total. The minimum atomic E-state index is -0.509. The molecule has 0 bridgehead atoms. The first-order valence-electron chi connectivity index (χ1n) is 10.8. The van der Waals surface area contributed by atoms with Crippen molar-refractivity contribution >= 4 is 5.91 Å². The van der Waals surface area contributed by atoms with Crippen LogP contribution in [0.1, 0.15) is 36.3 Å². The SMILES string of the molecule is COc1ccc([C@H]2C=C(C(=O)NCCc3ccccc3)O[C@@H](OCCCCO)C2)cc1. The summed E-state index contributed by atoms with van der Waals surface area (Å²) in [6.07, 6.45) is 4.15. The van der Waals surface area contributed by atoms with Gasteiger partial charge in [0.2, 0.25) is 6.29 Å². The summed E-state index contributed by atoms with van der Waals surface area (Å²) < 4.78 is 17.0. The van der Waals surface area contributed by atoms with Crippen LogP contribution in [0.3, 0.4) is 0 Å². The molecule has 0 radical (unpaired) electrons. The Kier molecular flexibility index (Phi) is 8.94. The van der Waals surface area contributed by atoms with Crippen molar-refractivity contribution in [2.45, 2.75) is 37.9 Å². The highest BCUT2D eigenvalue weighted by Gasteiger charge is 2.28. The minimum Gasteiger partial charge on any atom is -0.497 e. The molecule has 0 spiro atoms. The number of aliphatic hydroxyl groups is 1.